The fraction of sp³-hybridized carbons (Fsp3) is 0.118. The predicted molar refractivity (Wildman–Crippen MR) is 155 cm³/mol. The molecule has 1 aliphatic heterocycles. The van der Waals surface area contributed by atoms with Gasteiger partial charge in [-0.2, -0.15) is 9.65 Å². The average molecular weight is 558 g/mol. The third-order valence-electron chi connectivity index (χ3n) is 7.40. The number of nitriles is 1. The van der Waals surface area contributed by atoms with Crippen molar-refractivity contribution in [1.82, 2.24) is 10.3 Å². The van der Waals surface area contributed by atoms with E-state index < -0.39 is 23.4 Å². The highest BCUT2D eigenvalue weighted by molar-refractivity contribution is 5.97. The quantitative estimate of drug-likeness (QED) is 0.197. The predicted octanol–water partition coefficient (Wildman–Crippen LogP) is 6.61. The van der Waals surface area contributed by atoms with Crippen LogP contribution in [0.3, 0.4) is 0 Å². The van der Waals surface area contributed by atoms with Gasteiger partial charge in [0.1, 0.15) is 17.2 Å². The fourth-order valence-corrected chi connectivity index (χ4v) is 5.20. The number of aryl methyl sites for hydroxylation is 3. The number of ether oxygens (including phenoxy) is 1. The lowest BCUT2D eigenvalue weighted by Crippen LogP contribution is -2.33. The monoisotopic (exact) mass is 557 g/mol. The van der Waals surface area contributed by atoms with Crippen molar-refractivity contribution in [3.05, 3.63) is 140 Å². The van der Waals surface area contributed by atoms with Gasteiger partial charge < -0.3 is 9.15 Å². The first kappa shape index (κ1) is 26.7. The zero-order valence-corrected chi connectivity index (χ0v) is 23.0. The van der Waals surface area contributed by atoms with Gasteiger partial charge in [0, 0.05) is 22.9 Å². The van der Waals surface area contributed by atoms with Crippen LogP contribution in [0.15, 0.2) is 99.7 Å². The van der Waals surface area contributed by atoms with E-state index in [-0.39, 0.29) is 22.8 Å². The highest BCUT2D eigenvalue weighted by Gasteiger charge is 2.37. The van der Waals surface area contributed by atoms with Crippen LogP contribution in [0.4, 0.5) is 4.39 Å². The topological polar surface area (TPSA) is 105 Å². The molecule has 0 aliphatic carbocycles. The summed E-state index contributed by atoms with van der Waals surface area (Å²) < 4.78 is 25.6. The van der Waals surface area contributed by atoms with Gasteiger partial charge in [-0.3, -0.25) is 10.1 Å². The molecule has 206 valence electrons. The van der Waals surface area contributed by atoms with Crippen LogP contribution in [0.25, 0.3) is 22.1 Å². The maximum absolute atomic E-state index is 13.7. The number of carbonyl (C=O) groups is 1. The number of halogens is 1. The molecule has 0 bridgehead atoms. The molecule has 0 spiro atoms. The minimum Gasteiger partial charge on any atom is -0.438 e. The number of amides is 1. The van der Waals surface area contributed by atoms with Gasteiger partial charge in [0.25, 0.3) is 5.91 Å². The highest BCUT2D eigenvalue weighted by Crippen LogP contribution is 2.44. The lowest BCUT2D eigenvalue weighted by Gasteiger charge is -2.28. The molecule has 0 saturated carbocycles. The van der Waals surface area contributed by atoms with Crippen molar-refractivity contribution in [2.24, 2.45) is 0 Å². The number of allylic oxidation sites excluding steroid dienone is 1. The number of carbonyl (C=O) groups excluding carboxylic acids is 1. The fourth-order valence-electron chi connectivity index (χ4n) is 5.20. The second-order valence-electron chi connectivity index (χ2n) is 10.2. The Kier molecular flexibility index (Phi) is 6.63. The third-order valence-corrected chi connectivity index (χ3v) is 7.40. The Hall–Kier alpha value is -5.55. The van der Waals surface area contributed by atoms with Crippen LogP contribution in [0.5, 0.6) is 5.75 Å². The first-order valence-corrected chi connectivity index (χ1v) is 13.2. The molecule has 42 heavy (non-hydrogen) atoms. The molecule has 1 amide bonds. The number of fused-ring (bicyclic) bond motifs is 3. The summed E-state index contributed by atoms with van der Waals surface area (Å²) >= 11 is 0. The Morgan fingerprint density at radius 2 is 1.74 bits per heavy atom. The molecule has 1 unspecified atom stereocenters. The summed E-state index contributed by atoms with van der Waals surface area (Å²) in [6, 6.07) is 23.5. The van der Waals surface area contributed by atoms with Crippen molar-refractivity contribution in [2.45, 2.75) is 26.7 Å². The van der Waals surface area contributed by atoms with Crippen molar-refractivity contribution in [1.29, 1.82) is 5.26 Å². The number of hydrogen-bond acceptors (Lipinski definition) is 6. The second kappa shape index (κ2) is 10.5. The van der Waals surface area contributed by atoms with Crippen LogP contribution in [0.1, 0.15) is 44.1 Å². The number of nitrogens with zero attached hydrogens (tertiary/aromatic N) is 2. The summed E-state index contributed by atoms with van der Waals surface area (Å²) in [5.41, 5.74) is 4.49. The molecule has 0 saturated heterocycles. The van der Waals surface area contributed by atoms with Gasteiger partial charge in [0.15, 0.2) is 5.75 Å². The second-order valence-corrected chi connectivity index (χ2v) is 10.2. The van der Waals surface area contributed by atoms with E-state index in [1.54, 1.807) is 55.5 Å². The first-order valence-electron chi connectivity index (χ1n) is 13.2. The van der Waals surface area contributed by atoms with Gasteiger partial charge in [0.05, 0.1) is 16.9 Å². The Labute approximate surface area is 240 Å². The molecule has 5 aromatic rings. The molecule has 7 nitrogen and oxygen atoms in total. The molecule has 2 aromatic heterocycles. The van der Waals surface area contributed by atoms with Crippen molar-refractivity contribution in [3.8, 4) is 22.9 Å². The Morgan fingerprint density at radius 3 is 2.48 bits per heavy atom. The van der Waals surface area contributed by atoms with Gasteiger partial charge in [0.2, 0.25) is 11.8 Å². The van der Waals surface area contributed by atoms with Gasteiger partial charge in [-0.1, -0.05) is 54.1 Å². The van der Waals surface area contributed by atoms with Crippen LogP contribution in [0.2, 0.25) is 0 Å². The summed E-state index contributed by atoms with van der Waals surface area (Å²) in [5.74, 6) is -1.71. The molecule has 3 heterocycles. The van der Waals surface area contributed by atoms with Crippen molar-refractivity contribution >= 4 is 16.9 Å². The summed E-state index contributed by atoms with van der Waals surface area (Å²) in [6.45, 7) is 5.35. The Bertz CT molecular complexity index is 2040. The van der Waals surface area contributed by atoms with E-state index in [9.17, 15) is 19.2 Å². The van der Waals surface area contributed by atoms with E-state index in [1.165, 1.54) is 6.20 Å². The van der Waals surface area contributed by atoms with Crippen LogP contribution in [-0.4, -0.2) is 10.9 Å². The number of benzene rings is 3. The molecular formula is C34H24FN3O4. The van der Waals surface area contributed by atoms with Gasteiger partial charge in [-0.05, 0) is 61.7 Å². The Morgan fingerprint density at radius 1 is 0.976 bits per heavy atom. The molecule has 0 radical (unpaired) electrons. The summed E-state index contributed by atoms with van der Waals surface area (Å²) in [7, 11) is 0. The highest BCUT2D eigenvalue weighted by atomic mass is 19.1. The van der Waals surface area contributed by atoms with Crippen LogP contribution in [-0.2, 0) is 0 Å². The average Bonchev–Trinajstić information content (AvgIpc) is 2.99. The molecule has 6 rings (SSSR count). The lowest BCUT2D eigenvalue weighted by molar-refractivity contribution is 0.0947. The number of hydrogen-bond donors (Lipinski definition) is 1. The largest absolute Gasteiger partial charge is 0.438 e. The van der Waals surface area contributed by atoms with Gasteiger partial charge in [-0.25, -0.2) is 9.78 Å². The lowest BCUT2D eigenvalue weighted by atomic mass is 9.83. The molecule has 8 heteroatoms. The standard InChI is InChI=1S/C34H24FN3O4/c1-18-8-9-19(2)25(14-18)32(39)38-33-26(16-36)28(29-30(42-33)24-6-4-5-7-27(24)41-34(29)40)22-12-10-21(11-13-22)23-15-20(3)31(35)37-17-23/h4-15,17,28H,1-3H3,(H,38,39). The molecule has 1 aliphatic rings. The smallest absolute Gasteiger partial charge is 0.344 e. The summed E-state index contributed by atoms with van der Waals surface area (Å²) in [4.78, 5) is 30.7. The number of aromatic nitrogens is 1. The van der Waals surface area contributed by atoms with Crippen LogP contribution >= 0.6 is 0 Å². The van der Waals surface area contributed by atoms with E-state index in [1.807, 2.05) is 38.1 Å². The van der Waals surface area contributed by atoms with Crippen molar-refractivity contribution in [2.75, 3.05) is 0 Å². The van der Waals surface area contributed by atoms with Gasteiger partial charge in [-0.15, -0.1) is 0 Å². The van der Waals surface area contributed by atoms with Crippen molar-refractivity contribution < 1.29 is 18.3 Å². The number of rotatable bonds is 4. The third kappa shape index (κ3) is 4.61. The SMILES string of the molecule is Cc1ccc(C)c(C(=O)NC2=C(C#N)C(c3ccc(-c4cnc(F)c(C)c4)cc3)c3c(c4ccccc4oc3=O)O2)c1. The maximum atomic E-state index is 13.7. The van der Waals surface area contributed by atoms with E-state index in [4.69, 9.17) is 9.15 Å². The minimum atomic E-state index is -0.893. The Balaban J connectivity index is 1.51. The normalized spacial score (nSPS) is 14.2. The van der Waals surface area contributed by atoms with E-state index in [0.29, 0.717) is 27.7 Å². The van der Waals surface area contributed by atoms with Crippen LogP contribution < -0.4 is 15.7 Å². The minimum absolute atomic E-state index is 0.0516. The van der Waals surface area contributed by atoms with E-state index >= 15 is 0 Å². The first-order chi connectivity index (χ1) is 20.2. The number of nitrogens with one attached hydrogen (secondary N) is 1. The number of para-hydroxylation sites is 1. The maximum Gasteiger partial charge on any atom is 0.344 e. The molecule has 1 atom stereocenters. The molecule has 0 fully saturated rings. The van der Waals surface area contributed by atoms with E-state index in [0.717, 1.165) is 22.3 Å². The zero-order chi connectivity index (χ0) is 29.5. The van der Waals surface area contributed by atoms with E-state index in [2.05, 4.69) is 16.4 Å². The number of pyridine rings is 1. The molecular weight excluding hydrogens is 533 g/mol. The summed E-state index contributed by atoms with van der Waals surface area (Å²) in [5, 5.41) is 13.7. The van der Waals surface area contributed by atoms with Gasteiger partial charge >= 0.3 is 5.63 Å². The summed E-state index contributed by atoms with van der Waals surface area (Å²) in [6.07, 6.45) is 1.45. The van der Waals surface area contributed by atoms with Crippen molar-refractivity contribution in [3.63, 3.8) is 0 Å². The molecule has 3 aromatic carbocycles. The zero-order valence-electron chi connectivity index (χ0n) is 23.0. The van der Waals surface area contributed by atoms with Crippen LogP contribution in [0, 0.1) is 38.1 Å². The molecule has 1 N–H and O–H groups in total.